The molecular formula is C19H26N4O3S. The van der Waals surface area contributed by atoms with E-state index in [9.17, 15) is 4.79 Å². The third kappa shape index (κ3) is 4.22. The van der Waals surface area contributed by atoms with Crippen LogP contribution in [0, 0.1) is 10.7 Å². The molecule has 1 fully saturated rings. The van der Waals surface area contributed by atoms with Crippen molar-refractivity contribution in [3.05, 3.63) is 29.0 Å². The van der Waals surface area contributed by atoms with Crippen molar-refractivity contribution in [2.45, 2.75) is 33.0 Å². The van der Waals surface area contributed by atoms with E-state index < -0.39 is 0 Å². The lowest BCUT2D eigenvalue weighted by molar-refractivity contribution is -0.147. The highest BCUT2D eigenvalue weighted by Crippen LogP contribution is 2.23. The molecule has 146 valence electrons. The summed E-state index contributed by atoms with van der Waals surface area (Å²) in [5, 5.41) is 4.77. The Bertz CT molecular complexity index is 836. The Morgan fingerprint density at radius 3 is 2.44 bits per heavy atom. The highest BCUT2D eigenvalue weighted by molar-refractivity contribution is 7.71. The van der Waals surface area contributed by atoms with Crippen LogP contribution in [0.15, 0.2) is 24.3 Å². The Labute approximate surface area is 164 Å². The molecule has 7 nitrogen and oxygen atoms in total. The quantitative estimate of drug-likeness (QED) is 0.558. The van der Waals surface area contributed by atoms with Gasteiger partial charge < -0.3 is 14.0 Å². The Hall–Kier alpha value is -2.19. The van der Waals surface area contributed by atoms with E-state index in [0.717, 1.165) is 49.6 Å². The van der Waals surface area contributed by atoms with Gasteiger partial charge >= 0.3 is 5.97 Å². The fourth-order valence-corrected chi connectivity index (χ4v) is 3.75. The predicted molar refractivity (Wildman–Crippen MR) is 105 cm³/mol. The van der Waals surface area contributed by atoms with E-state index in [0.29, 0.717) is 11.4 Å². The van der Waals surface area contributed by atoms with Crippen LogP contribution >= 0.6 is 12.2 Å². The first-order chi connectivity index (χ1) is 13.1. The van der Waals surface area contributed by atoms with Gasteiger partial charge in [0, 0.05) is 25.2 Å². The highest BCUT2D eigenvalue weighted by atomic mass is 32.1. The maximum absolute atomic E-state index is 11.7. The average molecular weight is 391 g/mol. The molecule has 2 aromatic rings. The van der Waals surface area contributed by atoms with E-state index >= 15 is 0 Å². The molecule has 8 heteroatoms. The molecule has 2 heterocycles. The molecule has 3 rings (SSSR count). The van der Waals surface area contributed by atoms with Gasteiger partial charge in [-0.25, -0.2) is 4.68 Å². The number of carbonyl (C=O) groups excluding carboxylic acids is 1. The lowest BCUT2D eigenvalue weighted by atomic mass is 9.97. The number of benzene rings is 1. The number of piperidine rings is 1. The maximum atomic E-state index is 11.7. The molecule has 0 radical (unpaired) electrons. The number of aromatic nitrogens is 3. The molecule has 0 atom stereocenters. The minimum atomic E-state index is -0.108. The van der Waals surface area contributed by atoms with Crippen LogP contribution in [0.1, 0.15) is 19.8 Å². The van der Waals surface area contributed by atoms with Crippen LogP contribution in [0.25, 0.3) is 11.4 Å². The van der Waals surface area contributed by atoms with Crippen LogP contribution < -0.4 is 4.74 Å². The van der Waals surface area contributed by atoms with Crippen molar-refractivity contribution in [3.63, 3.8) is 0 Å². The number of ether oxygens (including phenoxy) is 2. The molecule has 1 aromatic heterocycles. The second kappa shape index (κ2) is 8.67. The molecule has 0 bridgehead atoms. The number of nitrogens with zero attached hydrogens (tertiary/aromatic N) is 4. The standard InChI is InChI=1S/C19H26N4O3S/c1-4-22-17(14-5-7-16(25-2)8-6-14)20-23(19(22)27)13-21-11-9-15(10-12-21)18(24)26-3/h5-8,15H,4,9-13H2,1-3H3. The summed E-state index contributed by atoms with van der Waals surface area (Å²) in [7, 11) is 3.10. The number of hydrogen-bond donors (Lipinski definition) is 0. The van der Waals surface area contributed by atoms with E-state index in [1.54, 1.807) is 7.11 Å². The summed E-state index contributed by atoms with van der Waals surface area (Å²) >= 11 is 5.65. The van der Waals surface area contributed by atoms with E-state index in [1.165, 1.54) is 7.11 Å². The largest absolute Gasteiger partial charge is 0.497 e. The molecule has 0 saturated carbocycles. The van der Waals surface area contributed by atoms with Crippen LogP contribution in [0.2, 0.25) is 0 Å². The lowest BCUT2D eigenvalue weighted by Gasteiger charge is -2.30. The van der Waals surface area contributed by atoms with Gasteiger partial charge in [-0.2, -0.15) is 5.10 Å². The third-order valence-electron chi connectivity index (χ3n) is 5.04. The number of hydrogen-bond acceptors (Lipinski definition) is 6. The minimum Gasteiger partial charge on any atom is -0.497 e. The zero-order valence-electron chi connectivity index (χ0n) is 16.1. The van der Waals surface area contributed by atoms with Crippen molar-refractivity contribution in [1.29, 1.82) is 0 Å². The number of methoxy groups -OCH3 is 2. The zero-order chi connectivity index (χ0) is 19.4. The van der Waals surface area contributed by atoms with Crippen LogP contribution in [0.3, 0.4) is 0 Å². The smallest absolute Gasteiger partial charge is 0.308 e. The summed E-state index contributed by atoms with van der Waals surface area (Å²) in [5.41, 5.74) is 1.01. The molecule has 0 amide bonds. The molecule has 1 saturated heterocycles. The van der Waals surface area contributed by atoms with Gasteiger partial charge in [0.2, 0.25) is 0 Å². The summed E-state index contributed by atoms with van der Waals surface area (Å²) in [5.74, 6) is 1.56. The fraction of sp³-hybridized carbons (Fsp3) is 0.526. The van der Waals surface area contributed by atoms with Crippen LogP contribution in [-0.4, -0.2) is 52.5 Å². The van der Waals surface area contributed by atoms with Gasteiger partial charge in [0.15, 0.2) is 10.6 Å². The lowest BCUT2D eigenvalue weighted by Crippen LogP contribution is -2.38. The van der Waals surface area contributed by atoms with Crippen molar-refractivity contribution in [2.24, 2.45) is 5.92 Å². The Morgan fingerprint density at radius 2 is 1.89 bits per heavy atom. The summed E-state index contributed by atoms with van der Waals surface area (Å²) in [6.45, 7) is 5.11. The molecule has 27 heavy (non-hydrogen) atoms. The van der Waals surface area contributed by atoms with E-state index in [4.69, 9.17) is 26.8 Å². The van der Waals surface area contributed by atoms with Crippen molar-refractivity contribution in [1.82, 2.24) is 19.2 Å². The van der Waals surface area contributed by atoms with Crippen molar-refractivity contribution in [3.8, 4) is 17.1 Å². The number of carbonyl (C=O) groups is 1. The fourth-order valence-electron chi connectivity index (χ4n) is 3.44. The van der Waals surface area contributed by atoms with Gasteiger partial charge in [-0.05, 0) is 56.2 Å². The average Bonchev–Trinajstić information content (AvgIpc) is 3.03. The first-order valence-corrected chi connectivity index (χ1v) is 9.60. The summed E-state index contributed by atoms with van der Waals surface area (Å²) in [6.07, 6.45) is 1.61. The normalized spacial score (nSPS) is 15.7. The Morgan fingerprint density at radius 1 is 1.22 bits per heavy atom. The number of esters is 1. The Kier molecular flexibility index (Phi) is 6.28. The van der Waals surface area contributed by atoms with Gasteiger partial charge in [0.1, 0.15) is 5.75 Å². The summed E-state index contributed by atoms with van der Waals surface area (Å²) in [4.78, 5) is 14.0. The SMILES string of the molecule is CCn1c(-c2ccc(OC)cc2)nn(CN2CCC(C(=O)OC)CC2)c1=S. The first kappa shape index (κ1) is 19.6. The number of rotatable bonds is 6. The highest BCUT2D eigenvalue weighted by Gasteiger charge is 2.26. The molecule has 1 aromatic carbocycles. The van der Waals surface area contributed by atoms with Crippen LogP contribution in [0.5, 0.6) is 5.75 Å². The van der Waals surface area contributed by atoms with Gasteiger partial charge in [0.25, 0.3) is 0 Å². The monoisotopic (exact) mass is 390 g/mol. The van der Waals surface area contributed by atoms with Crippen LogP contribution in [0.4, 0.5) is 0 Å². The molecule has 0 spiro atoms. The van der Waals surface area contributed by atoms with Gasteiger partial charge in [-0.15, -0.1) is 0 Å². The molecule has 0 N–H and O–H groups in total. The van der Waals surface area contributed by atoms with Gasteiger partial charge in [-0.1, -0.05) is 0 Å². The molecular weight excluding hydrogens is 364 g/mol. The second-order valence-corrected chi connectivity index (χ2v) is 7.00. The molecule has 1 aliphatic heterocycles. The molecule has 0 aliphatic carbocycles. The zero-order valence-corrected chi connectivity index (χ0v) is 16.9. The molecule has 0 unspecified atom stereocenters. The topological polar surface area (TPSA) is 61.5 Å². The van der Waals surface area contributed by atoms with E-state index in [-0.39, 0.29) is 11.9 Å². The summed E-state index contributed by atoms with van der Waals surface area (Å²) in [6, 6.07) is 7.84. The molecule has 1 aliphatic rings. The van der Waals surface area contributed by atoms with Crippen molar-refractivity contribution in [2.75, 3.05) is 27.3 Å². The van der Waals surface area contributed by atoms with Gasteiger partial charge in [0.05, 0.1) is 26.8 Å². The Balaban J connectivity index is 1.76. The van der Waals surface area contributed by atoms with E-state index in [2.05, 4.69) is 11.8 Å². The summed E-state index contributed by atoms with van der Waals surface area (Å²) < 4.78 is 14.7. The van der Waals surface area contributed by atoms with Gasteiger partial charge in [-0.3, -0.25) is 9.69 Å². The number of likely N-dealkylation sites (tertiary alicyclic amines) is 1. The van der Waals surface area contributed by atoms with Crippen LogP contribution in [-0.2, 0) is 22.7 Å². The predicted octanol–water partition coefficient (Wildman–Crippen LogP) is 2.95. The third-order valence-corrected chi connectivity index (χ3v) is 5.47. The van der Waals surface area contributed by atoms with E-state index in [1.807, 2.05) is 33.5 Å². The minimum absolute atomic E-state index is 0.00211. The second-order valence-electron chi connectivity index (χ2n) is 6.64. The first-order valence-electron chi connectivity index (χ1n) is 9.19. The maximum Gasteiger partial charge on any atom is 0.308 e. The van der Waals surface area contributed by atoms with Crippen molar-refractivity contribution >= 4 is 18.2 Å². The van der Waals surface area contributed by atoms with Crippen molar-refractivity contribution < 1.29 is 14.3 Å².